The van der Waals surface area contributed by atoms with E-state index < -0.39 is 12.8 Å². The molecule has 0 bridgehead atoms. The summed E-state index contributed by atoms with van der Waals surface area (Å²) < 4.78 is 46.9. The second kappa shape index (κ2) is 8.60. The van der Waals surface area contributed by atoms with Gasteiger partial charge in [-0.05, 0) is 54.0 Å². The van der Waals surface area contributed by atoms with Gasteiger partial charge in [-0.25, -0.2) is 0 Å². The van der Waals surface area contributed by atoms with Crippen molar-refractivity contribution >= 4 is 15.9 Å². The summed E-state index contributed by atoms with van der Waals surface area (Å²) in [6, 6.07) is 5.55. The van der Waals surface area contributed by atoms with Crippen LogP contribution in [0.15, 0.2) is 22.7 Å². The smallest absolute Gasteiger partial charge is 0.411 e. The van der Waals surface area contributed by atoms with Gasteiger partial charge >= 0.3 is 6.18 Å². The second-order valence-corrected chi connectivity index (χ2v) is 5.27. The minimum absolute atomic E-state index is 0.0375. The van der Waals surface area contributed by atoms with E-state index in [9.17, 15) is 13.2 Å². The fourth-order valence-corrected chi connectivity index (χ4v) is 2.38. The molecule has 0 aliphatic heterocycles. The van der Waals surface area contributed by atoms with Crippen LogP contribution in [0.5, 0.6) is 5.75 Å². The maximum atomic E-state index is 12.0. The number of alkyl halides is 3. The van der Waals surface area contributed by atoms with Crippen LogP contribution in [0.2, 0.25) is 0 Å². The lowest BCUT2D eigenvalue weighted by Crippen LogP contribution is -2.21. The lowest BCUT2D eigenvalue weighted by molar-refractivity contribution is -0.174. The molecule has 0 aromatic heterocycles. The van der Waals surface area contributed by atoms with Crippen LogP contribution in [0.3, 0.4) is 0 Å². The summed E-state index contributed by atoms with van der Waals surface area (Å²) in [6.45, 7) is 1.29. The number of hydrogen-bond acceptors (Lipinski definition) is 3. The van der Waals surface area contributed by atoms with Crippen molar-refractivity contribution in [3.8, 4) is 5.75 Å². The Bertz CT molecular complexity index is 441. The number of halogens is 4. The van der Waals surface area contributed by atoms with Gasteiger partial charge < -0.3 is 14.8 Å². The van der Waals surface area contributed by atoms with Crippen LogP contribution in [0.4, 0.5) is 13.2 Å². The maximum absolute atomic E-state index is 12.0. The molecule has 1 unspecified atom stereocenters. The van der Waals surface area contributed by atoms with Gasteiger partial charge in [0, 0.05) is 12.6 Å². The highest BCUT2D eigenvalue weighted by Gasteiger charge is 2.27. The molecule has 3 nitrogen and oxygen atoms in total. The molecule has 0 saturated heterocycles. The van der Waals surface area contributed by atoms with Gasteiger partial charge in [0.05, 0.1) is 11.1 Å². The summed E-state index contributed by atoms with van der Waals surface area (Å²) in [7, 11) is 1.76. The quantitative estimate of drug-likeness (QED) is 0.700. The Labute approximate surface area is 130 Å². The van der Waals surface area contributed by atoms with Crippen molar-refractivity contribution in [1.29, 1.82) is 0 Å². The van der Waals surface area contributed by atoms with Crippen LogP contribution >= 0.6 is 15.9 Å². The first-order chi connectivity index (χ1) is 9.87. The van der Waals surface area contributed by atoms with Crippen LogP contribution in [-0.2, 0) is 4.74 Å². The summed E-state index contributed by atoms with van der Waals surface area (Å²) in [4.78, 5) is 0. The Morgan fingerprint density at radius 2 is 2.05 bits per heavy atom. The van der Waals surface area contributed by atoms with Gasteiger partial charge in [-0.1, -0.05) is 6.07 Å². The van der Waals surface area contributed by atoms with Crippen LogP contribution in [0, 0.1) is 0 Å². The van der Waals surface area contributed by atoms with Crippen molar-refractivity contribution in [1.82, 2.24) is 5.32 Å². The first-order valence-electron chi connectivity index (χ1n) is 6.61. The standard InChI is InChI=1S/C14H19BrF3NO2/c1-3-21-13-5-4-10(8-11(13)15)12(19-2)6-7-20-9-14(16,17)18/h4-5,8,12,19H,3,6-7,9H2,1-2H3. The van der Waals surface area contributed by atoms with Gasteiger partial charge in [0.25, 0.3) is 0 Å². The van der Waals surface area contributed by atoms with E-state index in [1.165, 1.54) is 0 Å². The van der Waals surface area contributed by atoms with Gasteiger partial charge in [0.1, 0.15) is 12.4 Å². The van der Waals surface area contributed by atoms with Crippen LogP contribution in [0.25, 0.3) is 0 Å². The normalized spacial score (nSPS) is 13.2. The number of rotatable bonds is 8. The van der Waals surface area contributed by atoms with E-state index in [1.807, 2.05) is 25.1 Å². The van der Waals surface area contributed by atoms with Gasteiger partial charge in [-0.3, -0.25) is 0 Å². The molecule has 1 N–H and O–H groups in total. The minimum atomic E-state index is -4.28. The summed E-state index contributed by atoms with van der Waals surface area (Å²) in [5.74, 6) is 0.740. The summed E-state index contributed by atoms with van der Waals surface area (Å²) in [6.07, 6.45) is -3.83. The van der Waals surface area contributed by atoms with Crippen LogP contribution in [0.1, 0.15) is 24.9 Å². The number of hydrogen-bond donors (Lipinski definition) is 1. The molecular weight excluding hydrogens is 351 g/mol. The molecule has 7 heteroatoms. The van der Waals surface area contributed by atoms with Crippen molar-refractivity contribution in [2.24, 2.45) is 0 Å². The highest BCUT2D eigenvalue weighted by Crippen LogP contribution is 2.29. The third-order valence-corrected chi connectivity index (χ3v) is 3.44. The molecule has 0 fully saturated rings. The van der Waals surface area contributed by atoms with Gasteiger partial charge in [0.2, 0.25) is 0 Å². The zero-order chi connectivity index (χ0) is 15.9. The molecule has 0 heterocycles. The maximum Gasteiger partial charge on any atom is 0.411 e. The Morgan fingerprint density at radius 3 is 2.57 bits per heavy atom. The number of nitrogens with one attached hydrogen (secondary N) is 1. The van der Waals surface area contributed by atoms with E-state index in [2.05, 4.69) is 26.0 Å². The molecule has 0 spiro atoms. The van der Waals surface area contributed by atoms with Crippen molar-refractivity contribution in [3.05, 3.63) is 28.2 Å². The summed E-state index contributed by atoms with van der Waals surface area (Å²) >= 11 is 3.42. The van der Waals surface area contributed by atoms with Crippen LogP contribution < -0.4 is 10.1 Å². The van der Waals surface area contributed by atoms with E-state index >= 15 is 0 Å². The van der Waals surface area contributed by atoms with E-state index in [4.69, 9.17) is 4.74 Å². The zero-order valence-electron chi connectivity index (χ0n) is 12.0. The molecule has 1 rings (SSSR count). The average molecular weight is 370 g/mol. The molecule has 0 amide bonds. The lowest BCUT2D eigenvalue weighted by atomic mass is 10.0. The minimum Gasteiger partial charge on any atom is -0.493 e. The first-order valence-corrected chi connectivity index (χ1v) is 7.40. The topological polar surface area (TPSA) is 30.5 Å². The summed E-state index contributed by atoms with van der Waals surface area (Å²) in [5, 5.41) is 3.07. The monoisotopic (exact) mass is 369 g/mol. The Morgan fingerprint density at radius 1 is 1.33 bits per heavy atom. The third-order valence-electron chi connectivity index (χ3n) is 2.82. The predicted octanol–water partition coefficient (Wildman–Crippen LogP) is 4.08. The Hall–Kier alpha value is -0.790. The lowest BCUT2D eigenvalue weighted by Gasteiger charge is -2.18. The zero-order valence-corrected chi connectivity index (χ0v) is 13.6. The third kappa shape index (κ3) is 6.67. The van der Waals surface area contributed by atoms with Crippen LogP contribution in [-0.4, -0.2) is 33.0 Å². The SMILES string of the molecule is CCOc1ccc(C(CCOCC(F)(F)F)NC)cc1Br. The fourth-order valence-electron chi connectivity index (χ4n) is 1.87. The summed E-state index contributed by atoms with van der Waals surface area (Å²) in [5.41, 5.74) is 0.962. The van der Waals surface area contributed by atoms with Crippen molar-refractivity contribution in [2.45, 2.75) is 25.6 Å². The van der Waals surface area contributed by atoms with Crippen molar-refractivity contribution in [2.75, 3.05) is 26.9 Å². The molecular formula is C14H19BrF3NO2. The molecule has 1 aromatic rings. The highest BCUT2D eigenvalue weighted by atomic mass is 79.9. The molecule has 0 saturated carbocycles. The predicted molar refractivity (Wildman–Crippen MR) is 78.6 cm³/mol. The van der Waals surface area contributed by atoms with E-state index in [1.54, 1.807) is 7.05 Å². The molecule has 0 aliphatic carbocycles. The largest absolute Gasteiger partial charge is 0.493 e. The highest BCUT2D eigenvalue weighted by molar-refractivity contribution is 9.10. The molecule has 1 atom stereocenters. The molecule has 1 aromatic carbocycles. The molecule has 0 aliphatic rings. The fraction of sp³-hybridized carbons (Fsp3) is 0.571. The Balaban J connectivity index is 2.57. The van der Waals surface area contributed by atoms with E-state index in [0.29, 0.717) is 13.0 Å². The van der Waals surface area contributed by atoms with E-state index in [0.717, 1.165) is 15.8 Å². The van der Waals surface area contributed by atoms with E-state index in [-0.39, 0.29) is 12.6 Å². The number of ether oxygens (including phenoxy) is 2. The van der Waals surface area contributed by atoms with Crippen molar-refractivity contribution < 1.29 is 22.6 Å². The molecule has 120 valence electrons. The van der Waals surface area contributed by atoms with Gasteiger partial charge in [0.15, 0.2) is 0 Å². The van der Waals surface area contributed by atoms with Gasteiger partial charge in [-0.15, -0.1) is 0 Å². The Kier molecular flexibility index (Phi) is 7.48. The first kappa shape index (κ1) is 18.3. The molecule has 0 radical (unpaired) electrons. The number of benzene rings is 1. The van der Waals surface area contributed by atoms with Crippen molar-refractivity contribution in [3.63, 3.8) is 0 Å². The van der Waals surface area contributed by atoms with Gasteiger partial charge in [-0.2, -0.15) is 13.2 Å². The average Bonchev–Trinajstić information content (AvgIpc) is 2.40. The second-order valence-electron chi connectivity index (χ2n) is 4.42. The molecule has 21 heavy (non-hydrogen) atoms.